The largest absolute Gasteiger partial charge is 0.398 e. The molecule has 0 aliphatic carbocycles. The highest BCUT2D eigenvalue weighted by Gasteiger charge is 2.40. The fourth-order valence-electron chi connectivity index (χ4n) is 2.74. The maximum Gasteiger partial charge on any atom is 0.243 e. The van der Waals surface area contributed by atoms with Gasteiger partial charge in [0.05, 0.1) is 15.6 Å². The average Bonchev–Trinajstić information content (AvgIpc) is 2.87. The molecule has 1 heterocycles. The molecule has 0 radical (unpaired) electrons. The Kier molecular flexibility index (Phi) is 4.33. The lowest BCUT2D eigenvalue weighted by molar-refractivity contribution is 0.279. The number of nitrogen functional groups attached to an aromatic ring is 1. The van der Waals surface area contributed by atoms with Crippen LogP contribution in [-0.4, -0.2) is 25.8 Å². The maximum atomic E-state index is 12.6. The summed E-state index contributed by atoms with van der Waals surface area (Å²) in [5, 5.41) is 0.280. The number of benzene rings is 1. The predicted molar refractivity (Wildman–Crippen MR) is 82.3 cm³/mol. The minimum atomic E-state index is -3.48. The van der Waals surface area contributed by atoms with Crippen molar-refractivity contribution < 1.29 is 8.42 Å². The summed E-state index contributed by atoms with van der Waals surface area (Å²) in [5.41, 5.74) is 6.14. The van der Waals surface area contributed by atoms with Gasteiger partial charge in [0.15, 0.2) is 0 Å². The Bertz CT molecular complexity index is 597. The molecule has 0 unspecified atom stereocenters. The second kappa shape index (κ2) is 5.54. The second-order valence-corrected chi connectivity index (χ2v) is 7.82. The van der Waals surface area contributed by atoms with Crippen LogP contribution in [0.15, 0.2) is 23.1 Å². The van der Waals surface area contributed by atoms with Gasteiger partial charge in [-0.25, -0.2) is 8.42 Å². The van der Waals surface area contributed by atoms with Crippen LogP contribution in [0.4, 0.5) is 5.69 Å². The molecule has 1 fully saturated rings. The van der Waals surface area contributed by atoms with Gasteiger partial charge < -0.3 is 5.73 Å². The number of hydrogen-bond acceptors (Lipinski definition) is 3. The van der Waals surface area contributed by atoms with Crippen molar-refractivity contribution in [3.8, 4) is 0 Å². The van der Waals surface area contributed by atoms with E-state index < -0.39 is 10.0 Å². The molecule has 6 heteroatoms. The Morgan fingerprint density at radius 2 is 2.00 bits per heavy atom. The molecule has 112 valence electrons. The highest BCUT2D eigenvalue weighted by molar-refractivity contribution is 7.89. The lowest BCUT2D eigenvalue weighted by atomic mass is 9.82. The van der Waals surface area contributed by atoms with E-state index in [4.69, 9.17) is 17.3 Å². The molecule has 1 aromatic rings. The van der Waals surface area contributed by atoms with Gasteiger partial charge in [-0.1, -0.05) is 25.4 Å². The summed E-state index contributed by atoms with van der Waals surface area (Å²) in [6, 6.07) is 4.50. The standard InChI is InChI=1S/C14H21ClN2O2S/c1-3-14(4-2)7-8-17(10-14)20(18,19)11-5-6-13(16)12(15)9-11/h5-6,9H,3-4,7-8,10,16H2,1-2H3. The first-order valence-corrected chi connectivity index (χ1v) is 8.71. The summed E-state index contributed by atoms with van der Waals surface area (Å²) in [6.45, 7) is 5.41. The zero-order valence-corrected chi connectivity index (χ0v) is 13.5. The number of halogens is 1. The van der Waals surface area contributed by atoms with E-state index in [-0.39, 0.29) is 15.3 Å². The van der Waals surface area contributed by atoms with Crippen LogP contribution in [0.3, 0.4) is 0 Å². The molecular weight excluding hydrogens is 296 g/mol. The zero-order chi connectivity index (χ0) is 15.0. The monoisotopic (exact) mass is 316 g/mol. The van der Waals surface area contributed by atoms with E-state index in [1.54, 1.807) is 4.31 Å². The third kappa shape index (κ3) is 2.67. The molecule has 0 saturated carbocycles. The molecule has 1 aromatic carbocycles. The average molecular weight is 317 g/mol. The molecule has 4 nitrogen and oxygen atoms in total. The quantitative estimate of drug-likeness (QED) is 0.868. The highest BCUT2D eigenvalue weighted by atomic mass is 35.5. The Morgan fingerprint density at radius 1 is 1.35 bits per heavy atom. The van der Waals surface area contributed by atoms with Gasteiger partial charge in [0, 0.05) is 13.1 Å². The molecule has 0 atom stereocenters. The van der Waals surface area contributed by atoms with Crippen molar-refractivity contribution in [1.29, 1.82) is 0 Å². The smallest absolute Gasteiger partial charge is 0.243 e. The second-order valence-electron chi connectivity index (χ2n) is 5.48. The van der Waals surface area contributed by atoms with E-state index in [1.807, 2.05) is 0 Å². The van der Waals surface area contributed by atoms with Crippen LogP contribution in [0.1, 0.15) is 33.1 Å². The van der Waals surface area contributed by atoms with Crippen molar-refractivity contribution in [2.45, 2.75) is 38.0 Å². The molecule has 1 aliphatic heterocycles. The molecular formula is C14H21ClN2O2S. The first-order chi connectivity index (χ1) is 9.34. The summed E-state index contributed by atoms with van der Waals surface area (Å²) in [5.74, 6) is 0. The van der Waals surface area contributed by atoms with E-state index in [2.05, 4.69) is 13.8 Å². The normalized spacial score (nSPS) is 19.4. The fraction of sp³-hybridized carbons (Fsp3) is 0.571. The summed E-state index contributed by atoms with van der Waals surface area (Å²) < 4.78 is 26.9. The number of sulfonamides is 1. The van der Waals surface area contributed by atoms with Crippen molar-refractivity contribution in [2.75, 3.05) is 18.8 Å². The Labute approximate surface area is 126 Å². The zero-order valence-electron chi connectivity index (χ0n) is 11.9. The molecule has 1 saturated heterocycles. The van der Waals surface area contributed by atoms with Gasteiger partial charge in [-0.15, -0.1) is 0 Å². The Balaban J connectivity index is 2.30. The van der Waals surface area contributed by atoms with Gasteiger partial charge >= 0.3 is 0 Å². The lowest BCUT2D eigenvalue weighted by Crippen LogP contribution is -2.31. The summed E-state index contributed by atoms with van der Waals surface area (Å²) in [7, 11) is -3.48. The highest BCUT2D eigenvalue weighted by Crippen LogP contribution is 2.39. The van der Waals surface area contributed by atoms with Crippen LogP contribution in [0.25, 0.3) is 0 Å². The Morgan fingerprint density at radius 3 is 2.50 bits per heavy atom. The van der Waals surface area contributed by atoms with Crippen molar-refractivity contribution in [3.63, 3.8) is 0 Å². The lowest BCUT2D eigenvalue weighted by Gasteiger charge is -2.26. The summed E-state index contributed by atoms with van der Waals surface area (Å²) >= 11 is 5.93. The van der Waals surface area contributed by atoms with Crippen molar-refractivity contribution in [3.05, 3.63) is 23.2 Å². The minimum absolute atomic E-state index is 0.116. The van der Waals surface area contributed by atoms with Crippen LogP contribution in [-0.2, 0) is 10.0 Å². The van der Waals surface area contributed by atoms with Gasteiger partial charge in [0.2, 0.25) is 10.0 Å². The third-order valence-electron chi connectivity index (χ3n) is 4.51. The van der Waals surface area contributed by atoms with Crippen LogP contribution in [0.5, 0.6) is 0 Å². The van der Waals surface area contributed by atoms with E-state index in [1.165, 1.54) is 18.2 Å². The third-order valence-corrected chi connectivity index (χ3v) is 6.68. The molecule has 0 aromatic heterocycles. The van der Waals surface area contributed by atoms with Crippen LogP contribution < -0.4 is 5.73 Å². The van der Waals surface area contributed by atoms with E-state index in [0.29, 0.717) is 18.8 Å². The predicted octanol–water partition coefficient (Wildman–Crippen LogP) is 3.12. The van der Waals surface area contributed by atoms with Gasteiger partial charge in [0.1, 0.15) is 0 Å². The summed E-state index contributed by atoms with van der Waals surface area (Å²) in [6.07, 6.45) is 2.91. The van der Waals surface area contributed by atoms with Crippen LogP contribution in [0.2, 0.25) is 5.02 Å². The molecule has 20 heavy (non-hydrogen) atoms. The topological polar surface area (TPSA) is 63.4 Å². The molecule has 0 spiro atoms. The minimum Gasteiger partial charge on any atom is -0.398 e. The van der Waals surface area contributed by atoms with E-state index >= 15 is 0 Å². The maximum absolute atomic E-state index is 12.6. The number of hydrogen-bond donors (Lipinski definition) is 1. The molecule has 0 amide bonds. The van der Waals surface area contributed by atoms with Gasteiger partial charge in [-0.05, 0) is 42.9 Å². The van der Waals surface area contributed by atoms with Gasteiger partial charge in [-0.2, -0.15) is 4.31 Å². The van der Waals surface area contributed by atoms with E-state index in [0.717, 1.165) is 19.3 Å². The van der Waals surface area contributed by atoms with E-state index in [9.17, 15) is 8.42 Å². The first-order valence-electron chi connectivity index (χ1n) is 6.90. The van der Waals surface area contributed by atoms with Crippen molar-refractivity contribution in [1.82, 2.24) is 4.31 Å². The number of rotatable bonds is 4. The molecule has 0 bridgehead atoms. The number of anilines is 1. The fourth-order valence-corrected chi connectivity index (χ4v) is 4.57. The van der Waals surface area contributed by atoms with Crippen LogP contribution in [0, 0.1) is 5.41 Å². The van der Waals surface area contributed by atoms with Crippen molar-refractivity contribution >= 4 is 27.3 Å². The molecule has 2 rings (SSSR count). The number of nitrogens with zero attached hydrogens (tertiary/aromatic N) is 1. The first kappa shape index (κ1) is 15.6. The molecule has 2 N–H and O–H groups in total. The van der Waals surface area contributed by atoms with Gasteiger partial charge in [0.25, 0.3) is 0 Å². The molecule has 1 aliphatic rings. The summed E-state index contributed by atoms with van der Waals surface area (Å²) in [4.78, 5) is 0.222. The van der Waals surface area contributed by atoms with Crippen molar-refractivity contribution in [2.24, 2.45) is 5.41 Å². The van der Waals surface area contributed by atoms with Gasteiger partial charge in [-0.3, -0.25) is 0 Å². The SMILES string of the molecule is CCC1(CC)CCN(S(=O)(=O)c2ccc(N)c(Cl)c2)C1. The Hall–Kier alpha value is -0.780. The van der Waals surface area contributed by atoms with Crippen LogP contribution >= 0.6 is 11.6 Å². The number of nitrogens with two attached hydrogens (primary N) is 1.